The summed E-state index contributed by atoms with van der Waals surface area (Å²) in [5.74, 6) is -1.04. The van der Waals surface area contributed by atoms with Gasteiger partial charge in [-0.05, 0) is 57.6 Å². The number of carboxylic acids is 1. The zero-order valence-corrected chi connectivity index (χ0v) is 28.3. The van der Waals surface area contributed by atoms with Gasteiger partial charge in [0.05, 0.1) is 10.6 Å². The van der Waals surface area contributed by atoms with E-state index in [-0.39, 0.29) is 51.6 Å². The van der Waals surface area contributed by atoms with E-state index in [0.29, 0.717) is 24.2 Å². The summed E-state index contributed by atoms with van der Waals surface area (Å²) in [6.07, 6.45) is 1.72. The molecule has 3 aromatic rings. The summed E-state index contributed by atoms with van der Waals surface area (Å²) in [5, 5.41) is 45.6. The van der Waals surface area contributed by atoms with Gasteiger partial charge in [0.2, 0.25) is 0 Å². The summed E-state index contributed by atoms with van der Waals surface area (Å²) in [4.78, 5) is 26.7. The molecule has 0 bridgehead atoms. The van der Waals surface area contributed by atoms with Gasteiger partial charge in [-0.2, -0.15) is 0 Å². The van der Waals surface area contributed by atoms with E-state index >= 15 is 0 Å². The number of carbonyl (C=O) groups excluding carboxylic acids is 1. The minimum atomic E-state index is -1.08. The fourth-order valence-electron chi connectivity index (χ4n) is 4.64. The van der Waals surface area contributed by atoms with Crippen molar-refractivity contribution in [2.45, 2.75) is 105 Å². The van der Waals surface area contributed by atoms with Gasteiger partial charge < -0.3 is 20.1 Å². The monoisotopic (exact) mass is 654 g/mol. The Morgan fingerprint density at radius 2 is 1.41 bits per heavy atom. The quantitative estimate of drug-likeness (QED) is 0.197. The second kappa shape index (κ2) is 15.0. The summed E-state index contributed by atoms with van der Waals surface area (Å²) in [6.45, 7) is 20.2. The van der Waals surface area contributed by atoms with Crippen LogP contribution in [0, 0.1) is 10.1 Å². The maximum Gasteiger partial charge on any atom is 2.00 e. The Hall–Kier alpha value is -3.46. The third-order valence-electron chi connectivity index (χ3n) is 6.93. The molecule has 0 amide bonds. The number of aromatic hydroxyl groups is 1. The molecule has 1 radical (unpaired) electrons. The number of hydrogen-bond acceptors (Lipinski definition) is 8. The van der Waals surface area contributed by atoms with Crippen LogP contribution in [0.2, 0.25) is 0 Å². The fraction of sp³-hybridized carbons (Fsp3) is 0.471. The Bertz CT molecular complexity index is 1430. The van der Waals surface area contributed by atoms with Gasteiger partial charge in [0, 0.05) is 49.5 Å². The number of benzene rings is 2. The van der Waals surface area contributed by atoms with E-state index in [4.69, 9.17) is 9.90 Å². The van der Waals surface area contributed by atoms with Crippen molar-refractivity contribution in [1.29, 1.82) is 0 Å². The van der Waals surface area contributed by atoms with Gasteiger partial charge in [-0.15, -0.1) is 5.75 Å². The molecule has 0 saturated carbocycles. The van der Waals surface area contributed by atoms with Gasteiger partial charge in [-0.1, -0.05) is 80.5 Å². The molecule has 2 aromatic carbocycles. The molecule has 1 aromatic heterocycles. The molecule has 0 spiro atoms. The number of nitro benzene ring substituents is 1. The first-order valence-corrected chi connectivity index (χ1v) is 14.3. The zero-order valence-electron chi connectivity index (χ0n) is 27.4. The molecule has 0 aliphatic rings. The summed E-state index contributed by atoms with van der Waals surface area (Å²) >= 11 is 0. The van der Waals surface area contributed by atoms with Crippen LogP contribution in [0.5, 0.6) is 11.5 Å². The Morgan fingerprint density at radius 3 is 1.86 bits per heavy atom. The zero-order chi connectivity index (χ0) is 32.9. The number of nitro groups is 1. The van der Waals surface area contributed by atoms with Crippen LogP contribution in [0.15, 0.2) is 48.7 Å². The molecule has 0 aliphatic heterocycles. The molecule has 9 nitrogen and oxygen atoms in total. The Kier molecular flexibility index (Phi) is 13.2. The topological polar surface area (TPSA) is 143 Å². The number of aromatic nitrogens is 1. The van der Waals surface area contributed by atoms with Gasteiger partial charge in [-0.25, -0.2) is 0 Å². The largest absolute Gasteiger partial charge is 2.00 e. The molecular weight excluding hydrogens is 610 g/mol. The number of rotatable bonds is 7. The van der Waals surface area contributed by atoms with Gasteiger partial charge in [0.15, 0.2) is 0 Å². The number of non-ortho nitro benzene ring substituents is 1. The SMILES string of the molecule is CC(=O)[O-].CC(C)(C)c1cc(CN(Cc2ccccn2)Cc2cc([N+](=O)[O-])cc(C(C)(C)C)c2[O-])c(O)c(C(C)(C)C)c1.[Cu+2]. The minimum Gasteiger partial charge on any atom is -0.872 e. The molecule has 1 heterocycles. The van der Waals surface area contributed by atoms with Crippen molar-refractivity contribution in [1.82, 2.24) is 9.88 Å². The number of carbonyl (C=O) groups is 1. The average molecular weight is 655 g/mol. The fourth-order valence-corrected chi connectivity index (χ4v) is 4.64. The molecule has 3 rings (SSSR count). The van der Waals surface area contributed by atoms with Crippen molar-refractivity contribution in [2.75, 3.05) is 0 Å². The van der Waals surface area contributed by atoms with E-state index in [2.05, 4.69) is 52.6 Å². The van der Waals surface area contributed by atoms with Crippen LogP contribution in [0.1, 0.15) is 103 Å². The summed E-state index contributed by atoms with van der Waals surface area (Å²) in [5.41, 5.74) is 3.21. The van der Waals surface area contributed by atoms with Gasteiger partial charge >= 0.3 is 17.1 Å². The minimum absolute atomic E-state index is 0. The Labute approximate surface area is 272 Å². The van der Waals surface area contributed by atoms with Crippen molar-refractivity contribution in [3.8, 4) is 11.5 Å². The molecule has 1 N–H and O–H groups in total. The number of carboxylic acid groups (broad SMARTS) is 1. The smallest absolute Gasteiger partial charge is 0.872 e. The van der Waals surface area contributed by atoms with Crippen LogP contribution >= 0.6 is 0 Å². The van der Waals surface area contributed by atoms with E-state index in [1.165, 1.54) is 12.1 Å². The second-order valence-corrected chi connectivity index (χ2v) is 14.0. The van der Waals surface area contributed by atoms with Crippen LogP contribution in [0.4, 0.5) is 5.69 Å². The summed E-state index contributed by atoms with van der Waals surface area (Å²) in [6, 6.07) is 12.5. The third-order valence-corrected chi connectivity index (χ3v) is 6.93. The molecule has 44 heavy (non-hydrogen) atoms. The van der Waals surface area contributed by atoms with E-state index < -0.39 is 16.3 Å². The molecule has 0 aliphatic carbocycles. The van der Waals surface area contributed by atoms with Crippen LogP contribution in [0.25, 0.3) is 0 Å². The maximum atomic E-state index is 13.6. The Balaban J connectivity index is 0.00000182. The number of pyridine rings is 1. The first-order valence-electron chi connectivity index (χ1n) is 14.3. The molecule has 10 heteroatoms. The molecule has 243 valence electrons. The number of phenolic OH excluding ortho intramolecular Hbond substituents is 1. The van der Waals surface area contributed by atoms with Crippen molar-refractivity contribution < 1.29 is 42.1 Å². The second-order valence-electron chi connectivity index (χ2n) is 14.0. The Morgan fingerprint density at radius 1 is 0.864 bits per heavy atom. The predicted octanol–water partition coefficient (Wildman–Crippen LogP) is 5.62. The molecule has 0 unspecified atom stereocenters. The first-order chi connectivity index (χ1) is 19.6. The first kappa shape index (κ1) is 38.6. The van der Waals surface area contributed by atoms with Gasteiger partial charge in [0.25, 0.3) is 5.69 Å². The van der Waals surface area contributed by atoms with Crippen LogP contribution < -0.4 is 10.2 Å². The van der Waals surface area contributed by atoms with Gasteiger partial charge in [0.1, 0.15) is 5.75 Å². The van der Waals surface area contributed by atoms with Crippen molar-refractivity contribution >= 4 is 11.7 Å². The van der Waals surface area contributed by atoms with E-state index in [1.807, 2.05) is 49.9 Å². The van der Waals surface area contributed by atoms with Crippen molar-refractivity contribution in [3.05, 3.63) is 92.3 Å². The normalized spacial score (nSPS) is 11.8. The summed E-state index contributed by atoms with van der Waals surface area (Å²) in [7, 11) is 0. The summed E-state index contributed by atoms with van der Waals surface area (Å²) < 4.78 is 0. The molecule has 0 atom stereocenters. The van der Waals surface area contributed by atoms with E-state index in [9.17, 15) is 20.3 Å². The standard InChI is InChI=1S/C32H43N3O4.C2H4O2.Cu/c1-30(2,3)23-14-21(28(36)26(16-23)31(4,5)6)18-34(20-24-12-10-11-13-33-24)19-22-15-25(35(38)39)17-27(29(22)37)32(7,8)9;1-2(3)4;/h10-17,36-37H,18-20H2,1-9H3;1H3,(H,3,4);/q;;+2/p-2. The maximum absolute atomic E-state index is 13.6. The molecular formula is C34H45CuN3O6. The van der Waals surface area contributed by atoms with E-state index in [1.54, 1.807) is 6.20 Å². The van der Waals surface area contributed by atoms with Crippen LogP contribution in [-0.4, -0.2) is 25.9 Å². The average Bonchev–Trinajstić information content (AvgIpc) is 2.84. The molecule has 0 saturated heterocycles. The van der Waals surface area contributed by atoms with Crippen molar-refractivity contribution in [2.24, 2.45) is 0 Å². The van der Waals surface area contributed by atoms with Crippen LogP contribution in [-0.2, 0) is 57.7 Å². The third kappa shape index (κ3) is 10.9. The van der Waals surface area contributed by atoms with Crippen molar-refractivity contribution in [3.63, 3.8) is 0 Å². The molecule has 0 fully saturated rings. The number of aliphatic carboxylic acids is 1. The van der Waals surface area contributed by atoms with E-state index in [0.717, 1.165) is 29.3 Å². The van der Waals surface area contributed by atoms with Crippen LogP contribution in [0.3, 0.4) is 0 Å². The number of phenols is 1. The van der Waals surface area contributed by atoms with Gasteiger partial charge in [-0.3, -0.25) is 20.0 Å². The predicted molar refractivity (Wildman–Crippen MR) is 165 cm³/mol. The number of hydrogen-bond donors (Lipinski definition) is 1. The number of nitrogens with zero attached hydrogens (tertiary/aromatic N) is 3.